The first-order valence-electron chi connectivity index (χ1n) is 10.4. The summed E-state index contributed by atoms with van der Waals surface area (Å²) in [6.07, 6.45) is 0.835. The fraction of sp³-hybridized carbons (Fsp3) is 0.296. The fourth-order valence-electron chi connectivity index (χ4n) is 4.97. The normalized spacial score (nSPS) is 19.8. The van der Waals surface area contributed by atoms with Gasteiger partial charge < -0.3 is 9.64 Å². The van der Waals surface area contributed by atoms with E-state index >= 15 is 0 Å². The van der Waals surface area contributed by atoms with Gasteiger partial charge in [0.05, 0.1) is 7.11 Å². The Morgan fingerprint density at radius 3 is 2.23 bits per heavy atom. The second-order valence-corrected chi connectivity index (χ2v) is 9.08. The Morgan fingerprint density at radius 2 is 1.60 bits per heavy atom. The zero-order valence-electron chi connectivity index (χ0n) is 18.4. The molecule has 1 heterocycles. The molecule has 0 aromatic heterocycles. The second kappa shape index (κ2) is 7.32. The maximum Gasteiger partial charge on any atom is 0.258 e. The number of hydrogen-bond donors (Lipinski definition) is 0. The summed E-state index contributed by atoms with van der Waals surface area (Å²) in [5.41, 5.74) is 4.75. The van der Waals surface area contributed by atoms with Gasteiger partial charge in [0, 0.05) is 22.2 Å². The molecule has 1 aliphatic rings. The smallest absolute Gasteiger partial charge is 0.258 e. The average Bonchev–Trinajstić information content (AvgIpc) is 2.73. The summed E-state index contributed by atoms with van der Waals surface area (Å²) in [6.45, 7) is 8.72. The number of carbonyl (C=O) groups is 1. The van der Waals surface area contributed by atoms with E-state index in [4.69, 9.17) is 4.74 Å². The first-order valence-corrected chi connectivity index (χ1v) is 10.4. The Bertz CT molecular complexity index is 1070. The van der Waals surface area contributed by atoms with E-state index in [1.807, 2.05) is 29.2 Å². The van der Waals surface area contributed by atoms with Gasteiger partial charge in [0.25, 0.3) is 5.91 Å². The van der Waals surface area contributed by atoms with Crippen LogP contribution < -0.4 is 9.64 Å². The van der Waals surface area contributed by atoms with Gasteiger partial charge in [0.15, 0.2) is 0 Å². The van der Waals surface area contributed by atoms with Crippen molar-refractivity contribution < 1.29 is 9.53 Å². The molecule has 3 aromatic rings. The van der Waals surface area contributed by atoms with Gasteiger partial charge in [-0.3, -0.25) is 4.79 Å². The van der Waals surface area contributed by atoms with Crippen LogP contribution in [0.15, 0.2) is 72.8 Å². The number of fused-ring (bicyclic) bond motifs is 1. The third-order valence-electron chi connectivity index (χ3n) is 6.33. The number of aryl methyl sites for hydroxylation is 1. The highest BCUT2D eigenvalue weighted by molar-refractivity contribution is 6.08. The summed E-state index contributed by atoms with van der Waals surface area (Å²) < 4.78 is 5.26. The lowest BCUT2D eigenvalue weighted by Crippen LogP contribution is -2.55. The van der Waals surface area contributed by atoms with Crippen LogP contribution >= 0.6 is 0 Å². The van der Waals surface area contributed by atoms with Crippen molar-refractivity contribution in [2.45, 2.75) is 45.1 Å². The highest BCUT2D eigenvalue weighted by Crippen LogP contribution is 2.51. The molecule has 1 amide bonds. The lowest BCUT2D eigenvalue weighted by molar-refractivity contribution is 0.0948. The van der Waals surface area contributed by atoms with Crippen LogP contribution in [-0.4, -0.2) is 18.6 Å². The molecule has 1 aliphatic heterocycles. The standard InChI is InChI=1S/C27H29NO2/c1-19-11-16-23-24(17-19)28(25(29)20-12-14-22(30-5)15-13-20)26(2,3)18-27(23,4)21-9-7-6-8-10-21/h6-17H,18H2,1-5H3. The van der Waals surface area contributed by atoms with Crippen LogP contribution in [-0.2, 0) is 5.41 Å². The summed E-state index contributed by atoms with van der Waals surface area (Å²) in [5, 5.41) is 0. The van der Waals surface area contributed by atoms with Crippen LogP contribution in [0.1, 0.15) is 54.2 Å². The molecule has 0 saturated heterocycles. The lowest BCUT2D eigenvalue weighted by Gasteiger charge is -2.51. The number of methoxy groups -OCH3 is 1. The first-order chi connectivity index (χ1) is 14.3. The number of rotatable bonds is 3. The Labute approximate surface area is 179 Å². The SMILES string of the molecule is COc1ccc(C(=O)N2c3cc(C)ccc3C(C)(c3ccccc3)CC2(C)C)cc1. The first kappa shape index (κ1) is 20.2. The molecule has 3 aromatic carbocycles. The van der Waals surface area contributed by atoms with Crippen molar-refractivity contribution >= 4 is 11.6 Å². The van der Waals surface area contributed by atoms with Crippen LogP contribution in [0, 0.1) is 6.92 Å². The molecule has 0 spiro atoms. The molecule has 0 fully saturated rings. The van der Waals surface area contributed by atoms with Crippen LogP contribution in [0.3, 0.4) is 0 Å². The number of benzene rings is 3. The second-order valence-electron chi connectivity index (χ2n) is 9.08. The Kier molecular flexibility index (Phi) is 4.93. The van der Waals surface area contributed by atoms with E-state index in [1.165, 1.54) is 11.1 Å². The van der Waals surface area contributed by atoms with Crippen molar-refractivity contribution in [1.82, 2.24) is 0 Å². The molecule has 30 heavy (non-hydrogen) atoms. The number of anilines is 1. The lowest BCUT2D eigenvalue weighted by atomic mass is 9.65. The molecule has 4 rings (SSSR count). The molecule has 3 heteroatoms. The van der Waals surface area contributed by atoms with E-state index in [2.05, 4.69) is 76.2 Å². The van der Waals surface area contributed by atoms with Crippen LogP contribution in [0.25, 0.3) is 0 Å². The summed E-state index contributed by atoms with van der Waals surface area (Å²) in [4.78, 5) is 15.7. The molecular weight excluding hydrogens is 370 g/mol. The fourth-order valence-corrected chi connectivity index (χ4v) is 4.97. The maximum atomic E-state index is 13.7. The third kappa shape index (κ3) is 3.28. The zero-order chi connectivity index (χ0) is 21.5. The Balaban J connectivity index is 1.88. The molecule has 1 atom stereocenters. The monoisotopic (exact) mass is 399 g/mol. The van der Waals surface area contributed by atoms with Gasteiger partial charge in [-0.2, -0.15) is 0 Å². The molecule has 0 saturated carbocycles. The van der Waals surface area contributed by atoms with Crippen LogP contribution in [0.5, 0.6) is 5.75 Å². The Hall–Kier alpha value is -3.07. The van der Waals surface area contributed by atoms with Gasteiger partial charge in [0.2, 0.25) is 0 Å². The maximum absolute atomic E-state index is 13.7. The molecule has 1 unspecified atom stereocenters. The van der Waals surface area contributed by atoms with Crippen molar-refractivity contribution in [3.8, 4) is 5.75 Å². The summed E-state index contributed by atoms with van der Waals surface area (Å²) in [5.74, 6) is 0.766. The van der Waals surface area contributed by atoms with Gasteiger partial charge >= 0.3 is 0 Å². The van der Waals surface area contributed by atoms with Crippen molar-refractivity contribution in [3.05, 3.63) is 95.1 Å². The largest absolute Gasteiger partial charge is 0.497 e. The number of nitrogens with zero attached hydrogens (tertiary/aromatic N) is 1. The van der Waals surface area contributed by atoms with Gasteiger partial charge in [-0.1, -0.05) is 49.4 Å². The Morgan fingerprint density at radius 1 is 0.933 bits per heavy atom. The molecule has 154 valence electrons. The summed E-state index contributed by atoms with van der Waals surface area (Å²) in [7, 11) is 1.63. The van der Waals surface area contributed by atoms with Gasteiger partial charge in [-0.05, 0) is 74.2 Å². The molecule has 3 nitrogen and oxygen atoms in total. The number of carbonyl (C=O) groups excluding carboxylic acids is 1. The quantitative estimate of drug-likeness (QED) is 0.529. The molecule has 0 radical (unpaired) electrons. The highest BCUT2D eigenvalue weighted by atomic mass is 16.5. The van der Waals surface area contributed by atoms with E-state index in [0.29, 0.717) is 5.56 Å². The topological polar surface area (TPSA) is 29.5 Å². The minimum atomic E-state index is -0.359. The highest BCUT2D eigenvalue weighted by Gasteiger charge is 2.47. The molecule has 0 N–H and O–H groups in total. The third-order valence-corrected chi connectivity index (χ3v) is 6.33. The summed E-state index contributed by atoms with van der Waals surface area (Å²) >= 11 is 0. The van der Waals surface area contributed by atoms with Gasteiger partial charge in [-0.25, -0.2) is 0 Å². The van der Waals surface area contributed by atoms with Crippen LogP contribution in [0.4, 0.5) is 5.69 Å². The van der Waals surface area contributed by atoms with E-state index < -0.39 is 0 Å². The van der Waals surface area contributed by atoms with Gasteiger partial charge in [0.1, 0.15) is 5.75 Å². The average molecular weight is 400 g/mol. The molecular formula is C27H29NO2. The van der Waals surface area contributed by atoms with Crippen molar-refractivity contribution in [2.75, 3.05) is 12.0 Å². The van der Waals surface area contributed by atoms with Crippen molar-refractivity contribution in [3.63, 3.8) is 0 Å². The minimum Gasteiger partial charge on any atom is -0.497 e. The van der Waals surface area contributed by atoms with Crippen molar-refractivity contribution in [1.29, 1.82) is 0 Å². The predicted octanol–water partition coefficient (Wildman–Crippen LogP) is 6.14. The van der Waals surface area contributed by atoms with E-state index in [9.17, 15) is 4.79 Å². The number of hydrogen-bond acceptors (Lipinski definition) is 2. The number of ether oxygens (including phenoxy) is 1. The summed E-state index contributed by atoms with van der Waals surface area (Å²) in [6, 6.07) is 24.5. The van der Waals surface area contributed by atoms with Crippen LogP contribution in [0.2, 0.25) is 0 Å². The van der Waals surface area contributed by atoms with E-state index in [1.54, 1.807) is 7.11 Å². The number of amides is 1. The molecule has 0 bridgehead atoms. The van der Waals surface area contributed by atoms with Crippen molar-refractivity contribution in [2.24, 2.45) is 0 Å². The van der Waals surface area contributed by atoms with E-state index in [0.717, 1.165) is 23.4 Å². The molecule has 0 aliphatic carbocycles. The van der Waals surface area contributed by atoms with E-state index in [-0.39, 0.29) is 16.9 Å². The zero-order valence-corrected chi connectivity index (χ0v) is 18.4. The minimum absolute atomic E-state index is 0.0182. The predicted molar refractivity (Wildman–Crippen MR) is 123 cm³/mol. The van der Waals surface area contributed by atoms with Gasteiger partial charge in [-0.15, -0.1) is 0 Å².